The monoisotopic (exact) mass is 248 g/mol. The number of hydrogen-bond acceptors (Lipinski definition) is 3. The average molecular weight is 248 g/mol. The van der Waals surface area contributed by atoms with Crippen molar-refractivity contribution in [1.82, 2.24) is 10.2 Å². The zero-order valence-electron chi connectivity index (χ0n) is 10.3. The second-order valence-electron chi connectivity index (χ2n) is 5.58. The molecule has 0 aliphatic heterocycles. The van der Waals surface area contributed by atoms with Crippen molar-refractivity contribution in [3.8, 4) is 0 Å². The highest BCUT2D eigenvalue weighted by atomic mass is 19.3. The summed E-state index contributed by atoms with van der Waals surface area (Å²) in [6.45, 7) is -0.0574. The summed E-state index contributed by atoms with van der Waals surface area (Å²) in [4.78, 5) is 1.73. The molecule has 2 saturated carbocycles. The van der Waals surface area contributed by atoms with E-state index in [0.29, 0.717) is 6.04 Å². The molecule has 2 aliphatic carbocycles. The summed E-state index contributed by atoms with van der Waals surface area (Å²) in [6, 6.07) is 0.712. The highest BCUT2D eigenvalue weighted by Gasteiger charge is 2.43. The van der Waals surface area contributed by atoms with Gasteiger partial charge in [0.1, 0.15) is 0 Å². The number of halogens is 2. The minimum absolute atomic E-state index is 0.114. The van der Waals surface area contributed by atoms with Crippen LogP contribution in [0, 0.1) is 0 Å². The summed E-state index contributed by atoms with van der Waals surface area (Å²) >= 11 is 0. The van der Waals surface area contributed by atoms with Crippen molar-refractivity contribution < 1.29 is 13.9 Å². The summed E-state index contributed by atoms with van der Waals surface area (Å²) in [7, 11) is 1.75. The summed E-state index contributed by atoms with van der Waals surface area (Å²) in [5.41, 5.74) is -0.220. The van der Waals surface area contributed by atoms with Gasteiger partial charge in [-0.1, -0.05) is 0 Å². The number of nitrogens with one attached hydrogen (secondary N) is 1. The van der Waals surface area contributed by atoms with Gasteiger partial charge in [0.2, 0.25) is 0 Å². The molecule has 17 heavy (non-hydrogen) atoms. The van der Waals surface area contributed by atoms with Crippen LogP contribution in [0.3, 0.4) is 0 Å². The van der Waals surface area contributed by atoms with Crippen molar-refractivity contribution in [2.75, 3.05) is 20.2 Å². The molecule has 0 amide bonds. The minimum atomic E-state index is -2.28. The molecule has 0 saturated heterocycles. The van der Waals surface area contributed by atoms with Crippen LogP contribution in [0.1, 0.15) is 32.1 Å². The Morgan fingerprint density at radius 3 is 2.65 bits per heavy atom. The topological polar surface area (TPSA) is 35.5 Å². The molecule has 0 aromatic heterocycles. The fourth-order valence-electron chi connectivity index (χ4n) is 2.82. The molecule has 3 nitrogen and oxygen atoms in total. The number of aliphatic hydroxyl groups is 1. The first-order valence-corrected chi connectivity index (χ1v) is 6.41. The molecule has 2 atom stereocenters. The van der Waals surface area contributed by atoms with Crippen LogP contribution in [0.5, 0.6) is 0 Å². The first-order valence-electron chi connectivity index (χ1n) is 6.41. The molecule has 0 heterocycles. The fraction of sp³-hybridized carbons (Fsp3) is 1.00. The lowest BCUT2D eigenvalue weighted by atomic mass is 9.98. The standard InChI is InChI=1S/C12H22F2N2O/c1-16(7-11(13)14)10-4-5-12(6-10,8-17)15-9-2-3-9/h9-11,15,17H,2-8H2,1H3. The Morgan fingerprint density at radius 1 is 1.41 bits per heavy atom. The predicted octanol–water partition coefficient (Wildman–Crippen LogP) is 1.22. The smallest absolute Gasteiger partial charge is 0.251 e. The zero-order valence-corrected chi connectivity index (χ0v) is 10.3. The van der Waals surface area contributed by atoms with Crippen molar-refractivity contribution >= 4 is 0 Å². The van der Waals surface area contributed by atoms with Crippen molar-refractivity contribution in [3.63, 3.8) is 0 Å². The summed E-state index contributed by atoms with van der Waals surface area (Å²) < 4.78 is 24.7. The summed E-state index contributed by atoms with van der Waals surface area (Å²) in [5.74, 6) is 0. The Kier molecular flexibility index (Phi) is 4.00. The van der Waals surface area contributed by atoms with E-state index in [9.17, 15) is 13.9 Å². The SMILES string of the molecule is CN(CC(F)F)C1CCC(CO)(NC2CC2)C1. The molecule has 0 aromatic rings. The zero-order chi connectivity index (χ0) is 12.5. The first kappa shape index (κ1) is 13.2. The van der Waals surface area contributed by atoms with Gasteiger partial charge in [0.15, 0.2) is 0 Å². The lowest BCUT2D eigenvalue weighted by Crippen LogP contribution is -2.49. The van der Waals surface area contributed by atoms with Crippen molar-refractivity contribution in [3.05, 3.63) is 0 Å². The van der Waals surface area contributed by atoms with Crippen LogP contribution in [0.4, 0.5) is 8.78 Å². The number of alkyl halides is 2. The minimum Gasteiger partial charge on any atom is -0.394 e. The van der Waals surface area contributed by atoms with Crippen molar-refractivity contribution in [2.45, 2.75) is 56.2 Å². The van der Waals surface area contributed by atoms with Crippen LogP contribution in [-0.4, -0.2) is 54.3 Å². The number of aliphatic hydroxyl groups excluding tert-OH is 1. The van der Waals surface area contributed by atoms with E-state index in [1.807, 2.05) is 0 Å². The molecule has 0 radical (unpaired) electrons. The van der Waals surface area contributed by atoms with Crippen LogP contribution in [0.25, 0.3) is 0 Å². The van der Waals surface area contributed by atoms with Gasteiger partial charge in [0.25, 0.3) is 6.43 Å². The molecule has 0 bridgehead atoms. The molecule has 2 N–H and O–H groups in total. The normalized spacial score (nSPS) is 33.9. The maximum absolute atomic E-state index is 12.3. The Bertz CT molecular complexity index is 261. The Balaban J connectivity index is 1.87. The van der Waals surface area contributed by atoms with Gasteiger partial charge in [-0.25, -0.2) is 8.78 Å². The lowest BCUT2D eigenvalue weighted by molar-refractivity contribution is 0.0768. The van der Waals surface area contributed by atoms with Gasteiger partial charge < -0.3 is 10.4 Å². The van der Waals surface area contributed by atoms with Gasteiger partial charge in [-0.3, -0.25) is 4.90 Å². The molecule has 100 valence electrons. The van der Waals surface area contributed by atoms with E-state index >= 15 is 0 Å². The van der Waals surface area contributed by atoms with Crippen LogP contribution >= 0.6 is 0 Å². The number of hydrogen-bond donors (Lipinski definition) is 2. The van der Waals surface area contributed by atoms with Gasteiger partial charge in [0.05, 0.1) is 13.2 Å². The molecule has 2 unspecified atom stereocenters. The van der Waals surface area contributed by atoms with Crippen LogP contribution in [0.2, 0.25) is 0 Å². The van der Waals surface area contributed by atoms with Gasteiger partial charge >= 0.3 is 0 Å². The lowest BCUT2D eigenvalue weighted by Gasteiger charge is -2.30. The second-order valence-corrected chi connectivity index (χ2v) is 5.58. The van der Waals surface area contributed by atoms with Crippen LogP contribution in [-0.2, 0) is 0 Å². The number of rotatable bonds is 6. The maximum atomic E-state index is 12.3. The van der Waals surface area contributed by atoms with Crippen molar-refractivity contribution in [1.29, 1.82) is 0 Å². The molecule has 0 aromatic carbocycles. The van der Waals surface area contributed by atoms with Gasteiger partial charge in [-0.15, -0.1) is 0 Å². The highest BCUT2D eigenvalue weighted by Crippen LogP contribution is 2.35. The predicted molar refractivity (Wildman–Crippen MR) is 62.2 cm³/mol. The molecular formula is C12H22F2N2O. The third-order valence-corrected chi connectivity index (χ3v) is 4.02. The van der Waals surface area contributed by atoms with Crippen LogP contribution in [0.15, 0.2) is 0 Å². The van der Waals surface area contributed by atoms with Crippen molar-refractivity contribution in [2.24, 2.45) is 0 Å². The van der Waals surface area contributed by atoms with E-state index in [0.717, 1.165) is 19.3 Å². The van der Waals surface area contributed by atoms with E-state index in [-0.39, 0.29) is 24.7 Å². The molecule has 2 fully saturated rings. The maximum Gasteiger partial charge on any atom is 0.251 e. The Morgan fingerprint density at radius 2 is 2.12 bits per heavy atom. The molecule has 2 rings (SSSR count). The number of nitrogens with zero attached hydrogens (tertiary/aromatic N) is 1. The second kappa shape index (κ2) is 5.16. The molecular weight excluding hydrogens is 226 g/mol. The summed E-state index contributed by atoms with van der Waals surface area (Å²) in [5, 5.41) is 13.0. The Hall–Kier alpha value is -0.260. The molecule has 0 spiro atoms. The Labute approximate surface area is 101 Å². The quantitative estimate of drug-likeness (QED) is 0.742. The largest absolute Gasteiger partial charge is 0.394 e. The highest BCUT2D eigenvalue weighted by molar-refractivity contribution is 5.02. The first-order chi connectivity index (χ1) is 8.04. The van der Waals surface area contributed by atoms with Gasteiger partial charge in [0, 0.05) is 17.6 Å². The van der Waals surface area contributed by atoms with E-state index in [4.69, 9.17) is 0 Å². The van der Waals surface area contributed by atoms with E-state index in [1.54, 1.807) is 11.9 Å². The van der Waals surface area contributed by atoms with Crippen LogP contribution < -0.4 is 5.32 Å². The molecule has 5 heteroatoms. The average Bonchev–Trinajstić information content (AvgIpc) is 2.95. The fourth-order valence-corrected chi connectivity index (χ4v) is 2.82. The van der Waals surface area contributed by atoms with E-state index in [1.165, 1.54) is 12.8 Å². The third kappa shape index (κ3) is 3.36. The van der Waals surface area contributed by atoms with E-state index < -0.39 is 6.43 Å². The van der Waals surface area contributed by atoms with E-state index in [2.05, 4.69) is 5.32 Å². The molecule has 2 aliphatic rings. The third-order valence-electron chi connectivity index (χ3n) is 4.02. The van der Waals surface area contributed by atoms with Gasteiger partial charge in [-0.2, -0.15) is 0 Å². The summed E-state index contributed by atoms with van der Waals surface area (Å²) in [6.07, 6.45) is 2.64. The van der Waals surface area contributed by atoms with Gasteiger partial charge in [-0.05, 0) is 39.2 Å².